The Labute approximate surface area is 159 Å². The molecule has 0 bridgehead atoms. The lowest BCUT2D eigenvalue weighted by molar-refractivity contribution is 0.00822. The third-order valence-corrected chi connectivity index (χ3v) is 5.94. The van der Waals surface area contributed by atoms with Crippen molar-refractivity contribution in [3.63, 3.8) is 0 Å². The van der Waals surface area contributed by atoms with Crippen molar-refractivity contribution < 1.29 is 4.74 Å². The quantitative estimate of drug-likeness (QED) is 0.460. The van der Waals surface area contributed by atoms with Crippen LogP contribution in [0.4, 0.5) is 0 Å². The third kappa shape index (κ3) is 3.99. The van der Waals surface area contributed by atoms with Crippen molar-refractivity contribution in [3.8, 4) is 17.6 Å². The average molecular weight is 352 g/mol. The zero-order valence-electron chi connectivity index (χ0n) is 17.0. The van der Waals surface area contributed by atoms with Gasteiger partial charge in [0.05, 0.1) is 0 Å². The molecule has 26 heavy (non-hydrogen) atoms. The van der Waals surface area contributed by atoms with E-state index in [0.29, 0.717) is 11.8 Å². The molecule has 3 rings (SSSR count). The molecule has 0 fully saturated rings. The van der Waals surface area contributed by atoms with Crippen LogP contribution in [0, 0.1) is 24.7 Å². The predicted octanol–water partition coefficient (Wildman–Crippen LogP) is 5.15. The molecule has 1 aliphatic carbocycles. The van der Waals surface area contributed by atoms with E-state index in [0.717, 1.165) is 44.4 Å². The maximum Gasteiger partial charge on any atom is 0.124 e. The van der Waals surface area contributed by atoms with E-state index in [9.17, 15) is 0 Å². The van der Waals surface area contributed by atoms with Gasteiger partial charge in [0.25, 0.3) is 0 Å². The summed E-state index contributed by atoms with van der Waals surface area (Å²) in [7, 11) is 1.99. The number of unbranched alkanes of at least 4 members (excludes halogenated alkanes) is 1. The number of hydrogen-bond acceptors (Lipinski definition) is 2. The Morgan fingerprint density at radius 2 is 2.04 bits per heavy atom. The van der Waals surface area contributed by atoms with E-state index in [-0.39, 0.29) is 5.60 Å². The summed E-state index contributed by atoms with van der Waals surface area (Å²) in [6.07, 6.45) is 7.58. The number of aryl methyl sites for hydroxylation is 1. The summed E-state index contributed by atoms with van der Waals surface area (Å²) in [5.41, 5.74) is 5.49. The molecule has 2 aliphatic rings. The van der Waals surface area contributed by atoms with E-state index in [1.54, 1.807) is 0 Å². The van der Waals surface area contributed by atoms with Gasteiger partial charge in [0.15, 0.2) is 0 Å². The van der Waals surface area contributed by atoms with Gasteiger partial charge in [-0.3, -0.25) is 0 Å². The molecule has 2 heteroatoms. The Kier molecular flexibility index (Phi) is 5.78. The molecule has 0 amide bonds. The maximum atomic E-state index is 6.52. The molecule has 1 aromatic carbocycles. The Hall–Kier alpha value is -1.72. The van der Waals surface area contributed by atoms with Gasteiger partial charge in [-0.1, -0.05) is 23.6 Å². The van der Waals surface area contributed by atoms with Crippen molar-refractivity contribution >= 4 is 0 Å². The van der Waals surface area contributed by atoms with E-state index in [1.807, 2.05) is 7.05 Å². The number of nitrogens with one attached hydrogen (secondary N) is 1. The molecule has 2 nitrogen and oxygen atoms in total. The van der Waals surface area contributed by atoms with Crippen molar-refractivity contribution in [1.82, 2.24) is 5.32 Å². The Morgan fingerprint density at radius 1 is 1.23 bits per heavy atom. The van der Waals surface area contributed by atoms with Crippen LogP contribution in [0.2, 0.25) is 0 Å². The van der Waals surface area contributed by atoms with Gasteiger partial charge in [-0.15, -0.1) is 5.92 Å². The molecule has 2 atom stereocenters. The summed E-state index contributed by atoms with van der Waals surface area (Å²) >= 11 is 0. The second-order valence-corrected chi connectivity index (χ2v) is 8.47. The van der Waals surface area contributed by atoms with E-state index in [2.05, 4.69) is 63.1 Å². The molecule has 140 valence electrons. The van der Waals surface area contributed by atoms with Gasteiger partial charge in [-0.25, -0.2) is 0 Å². The first-order valence-electron chi connectivity index (χ1n) is 10.0. The van der Waals surface area contributed by atoms with E-state index < -0.39 is 0 Å². The minimum atomic E-state index is -0.112. The number of fused-ring (bicyclic) bond motifs is 3. The predicted molar refractivity (Wildman–Crippen MR) is 110 cm³/mol. The van der Waals surface area contributed by atoms with Gasteiger partial charge in [0, 0.05) is 24.3 Å². The molecule has 1 heterocycles. The highest BCUT2D eigenvalue weighted by atomic mass is 16.5. The fourth-order valence-electron chi connectivity index (χ4n) is 4.60. The highest BCUT2D eigenvalue weighted by Crippen LogP contribution is 2.52. The van der Waals surface area contributed by atoms with Gasteiger partial charge >= 0.3 is 0 Å². The molecule has 1 aromatic rings. The Balaban J connectivity index is 1.83. The lowest BCUT2D eigenvalue weighted by atomic mass is 9.66. The van der Waals surface area contributed by atoms with Gasteiger partial charge in [0.2, 0.25) is 0 Å². The summed E-state index contributed by atoms with van der Waals surface area (Å²) in [5, 5.41) is 3.16. The van der Waals surface area contributed by atoms with Crippen LogP contribution in [-0.4, -0.2) is 19.2 Å². The van der Waals surface area contributed by atoms with Crippen molar-refractivity contribution in [2.75, 3.05) is 13.6 Å². The zero-order chi connectivity index (χ0) is 18.7. The Morgan fingerprint density at radius 3 is 2.81 bits per heavy atom. The summed E-state index contributed by atoms with van der Waals surface area (Å²) in [4.78, 5) is 0. The fourth-order valence-corrected chi connectivity index (χ4v) is 4.60. The van der Waals surface area contributed by atoms with Crippen LogP contribution in [0.3, 0.4) is 0 Å². The molecule has 1 aliphatic heterocycles. The molecule has 0 spiro atoms. The first-order valence-corrected chi connectivity index (χ1v) is 10.0. The van der Waals surface area contributed by atoms with Crippen LogP contribution >= 0.6 is 0 Å². The van der Waals surface area contributed by atoms with Crippen LogP contribution in [0.15, 0.2) is 23.8 Å². The van der Waals surface area contributed by atoms with E-state index >= 15 is 0 Å². The molecule has 0 aromatic heterocycles. The zero-order valence-corrected chi connectivity index (χ0v) is 17.0. The maximum absolute atomic E-state index is 6.52. The van der Waals surface area contributed by atoms with E-state index in [1.165, 1.54) is 22.3 Å². The third-order valence-electron chi connectivity index (χ3n) is 5.94. The molecular formula is C24H33NO. The van der Waals surface area contributed by atoms with Gasteiger partial charge in [0.1, 0.15) is 11.4 Å². The number of benzene rings is 1. The van der Waals surface area contributed by atoms with Crippen molar-refractivity contribution in [3.05, 3.63) is 40.5 Å². The second kappa shape index (κ2) is 7.89. The van der Waals surface area contributed by atoms with Gasteiger partial charge < -0.3 is 10.1 Å². The van der Waals surface area contributed by atoms with E-state index in [4.69, 9.17) is 4.74 Å². The largest absolute Gasteiger partial charge is 0.487 e. The number of ether oxygens (including phenoxy) is 1. The summed E-state index contributed by atoms with van der Waals surface area (Å²) < 4.78 is 6.52. The lowest BCUT2D eigenvalue weighted by Gasteiger charge is -2.47. The highest BCUT2D eigenvalue weighted by Gasteiger charge is 2.44. The standard InChI is InChI=1S/C24H33NO/c1-17-11-12-21-20(14-17)23-18(2)15-19(10-8-6-7-9-13-25-5)16-22(23)26-24(21,3)4/h11,15-16,20-21,25H,7,9-10,12-14H2,1-5H3/t20-,21-/m1/s1. The normalized spacial score (nSPS) is 23.0. The lowest BCUT2D eigenvalue weighted by Crippen LogP contribution is -2.45. The molecule has 0 unspecified atom stereocenters. The number of allylic oxidation sites excluding steroid dienone is 2. The summed E-state index contributed by atoms with van der Waals surface area (Å²) in [6, 6.07) is 4.57. The minimum Gasteiger partial charge on any atom is -0.487 e. The average Bonchev–Trinajstić information content (AvgIpc) is 2.56. The number of rotatable bonds is 4. The molecule has 0 radical (unpaired) electrons. The molecule has 1 N–H and O–H groups in total. The van der Waals surface area contributed by atoms with Crippen LogP contribution in [-0.2, 0) is 6.42 Å². The monoisotopic (exact) mass is 351 g/mol. The van der Waals surface area contributed by atoms with Crippen molar-refractivity contribution in [2.45, 2.75) is 71.3 Å². The van der Waals surface area contributed by atoms with Crippen LogP contribution < -0.4 is 10.1 Å². The fraction of sp³-hybridized carbons (Fsp3) is 0.583. The molecule has 0 saturated heterocycles. The first-order chi connectivity index (χ1) is 12.4. The van der Waals surface area contributed by atoms with Gasteiger partial charge in [-0.2, -0.15) is 0 Å². The smallest absolute Gasteiger partial charge is 0.124 e. The topological polar surface area (TPSA) is 21.3 Å². The Bertz CT molecular complexity index is 747. The SMILES string of the molecule is CNCCCC#CCc1cc(C)c2c(c1)OC(C)(C)[C@@H]1CC=C(C)C[C@@H]21. The number of hydrogen-bond donors (Lipinski definition) is 1. The van der Waals surface area contributed by atoms with Gasteiger partial charge in [-0.05, 0) is 83.7 Å². The van der Waals surface area contributed by atoms with Crippen molar-refractivity contribution in [1.29, 1.82) is 0 Å². The summed E-state index contributed by atoms with van der Waals surface area (Å²) in [6.45, 7) is 10.1. The second-order valence-electron chi connectivity index (χ2n) is 8.47. The first kappa shape index (κ1) is 19.1. The minimum absolute atomic E-state index is 0.112. The van der Waals surface area contributed by atoms with Crippen LogP contribution in [0.1, 0.15) is 69.1 Å². The van der Waals surface area contributed by atoms with Crippen LogP contribution in [0.25, 0.3) is 0 Å². The van der Waals surface area contributed by atoms with Crippen molar-refractivity contribution in [2.24, 2.45) is 5.92 Å². The van der Waals surface area contributed by atoms with Crippen LogP contribution in [0.5, 0.6) is 5.75 Å². The molecular weight excluding hydrogens is 318 g/mol. The highest BCUT2D eigenvalue weighted by molar-refractivity contribution is 5.50. The summed E-state index contributed by atoms with van der Waals surface area (Å²) in [5.74, 6) is 8.88. The molecule has 0 saturated carbocycles.